The molecule has 0 saturated heterocycles. The van der Waals surface area contributed by atoms with Crippen LogP contribution < -0.4 is 5.32 Å². The van der Waals surface area contributed by atoms with Crippen LogP contribution in [0.1, 0.15) is 12.8 Å². The molecule has 0 aromatic rings. The number of carbonyl (C=O) groups is 2. The van der Waals surface area contributed by atoms with Crippen LogP contribution >= 0.6 is 0 Å². The Kier molecular flexibility index (Phi) is 3.88. The van der Waals surface area contributed by atoms with Crippen LogP contribution in [0, 0.1) is 11.8 Å². The van der Waals surface area contributed by atoms with Crippen LogP contribution in [0.5, 0.6) is 0 Å². The number of nitrogens with one attached hydrogen (secondary N) is 1. The number of ether oxygens (including phenoxy) is 1. The second-order valence-electron chi connectivity index (χ2n) is 3.41. The first-order chi connectivity index (χ1) is 6.66. The van der Waals surface area contributed by atoms with Gasteiger partial charge < -0.3 is 15.2 Å². The number of hydrogen-bond acceptors (Lipinski definition) is 3. The van der Waals surface area contributed by atoms with Crippen LogP contribution in [-0.4, -0.2) is 37.2 Å². The largest absolute Gasteiger partial charge is 0.481 e. The average molecular weight is 201 g/mol. The summed E-state index contributed by atoms with van der Waals surface area (Å²) < 4.78 is 4.77. The zero-order valence-corrected chi connectivity index (χ0v) is 8.16. The SMILES string of the molecule is COCCNC(=O)C1CCC1C(=O)O. The molecule has 1 amide bonds. The van der Waals surface area contributed by atoms with Gasteiger partial charge in [0.2, 0.25) is 5.91 Å². The maximum absolute atomic E-state index is 11.4. The summed E-state index contributed by atoms with van der Waals surface area (Å²) in [6.45, 7) is 0.897. The van der Waals surface area contributed by atoms with Crippen molar-refractivity contribution >= 4 is 11.9 Å². The van der Waals surface area contributed by atoms with Crippen LogP contribution in [0.4, 0.5) is 0 Å². The van der Waals surface area contributed by atoms with Crippen molar-refractivity contribution in [3.8, 4) is 0 Å². The number of methoxy groups -OCH3 is 1. The van der Waals surface area contributed by atoms with Crippen LogP contribution in [0.25, 0.3) is 0 Å². The van der Waals surface area contributed by atoms with Crippen molar-refractivity contribution in [2.24, 2.45) is 11.8 Å². The van der Waals surface area contributed by atoms with E-state index in [2.05, 4.69) is 5.32 Å². The minimum atomic E-state index is -0.872. The van der Waals surface area contributed by atoms with Crippen molar-refractivity contribution in [3.63, 3.8) is 0 Å². The molecule has 14 heavy (non-hydrogen) atoms. The van der Waals surface area contributed by atoms with Gasteiger partial charge in [-0.1, -0.05) is 0 Å². The lowest BCUT2D eigenvalue weighted by atomic mass is 9.73. The Morgan fingerprint density at radius 2 is 2.07 bits per heavy atom. The van der Waals surface area contributed by atoms with Gasteiger partial charge in [-0.2, -0.15) is 0 Å². The number of hydrogen-bond donors (Lipinski definition) is 2. The Balaban J connectivity index is 2.27. The Morgan fingerprint density at radius 1 is 1.43 bits per heavy atom. The molecule has 1 saturated carbocycles. The van der Waals surface area contributed by atoms with Gasteiger partial charge in [0.25, 0.3) is 0 Å². The lowest BCUT2D eigenvalue weighted by Gasteiger charge is -2.31. The van der Waals surface area contributed by atoms with Gasteiger partial charge in [-0.3, -0.25) is 9.59 Å². The molecule has 0 heterocycles. The number of carbonyl (C=O) groups excluding carboxylic acids is 1. The van der Waals surface area contributed by atoms with Crippen molar-refractivity contribution in [3.05, 3.63) is 0 Å². The highest BCUT2D eigenvalue weighted by Crippen LogP contribution is 2.34. The molecule has 0 bridgehead atoms. The van der Waals surface area contributed by atoms with E-state index < -0.39 is 11.9 Å². The first kappa shape index (κ1) is 11.0. The highest BCUT2D eigenvalue weighted by molar-refractivity contribution is 5.86. The van der Waals surface area contributed by atoms with E-state index in [-0.39, 0.29) is 11.8 Å². The number of amides is 1. The van der Waals surface area contributed by atoms with E-state index in [9.17, 15) is 9.59 Å². The van der Waals surface area contributed by atoms with Crippen molar-refractivity contribution in [1.82, 2.24) is 5.32 Å². The molecule has 2 atom stereocenters. The lowest BCUT2D eigenvalue weighted by molar-refractivity contribution is -0.152. The third-order valence-corrected chi connectivity index (χ3v) is 2.53. The third kappa shape index (κ3) is 2.45. The number of aliphatic carboxylic acids is 1. The molecule has 0 aliphatic heterocycles. The molecule has 0 aromatic heterocycles. The fourth-order valence-electron chi connectivity index (χ4n) is 1.52. The second-order valence-corrected chi connectivity index (χ2v) is 3.41. The van der Waals surface area contributed by atoms with E-state index in [4.69, 9.17) is 9.84 Å². The van der Waals surface area contributed by atoms with E-state index in [1.54, 1.807) is 7.11 Å². The van der Waals surface area contributed by atoms with Gasteiger partial charge in [-0.15, -0.1) is 0 Å². The molecule has 1 fully saturated rings. The summed E-state index contributed by atoms with van der Waals surface area (Å²) in [5, 5.41) is 11.4. The minimum absolute atomic E-state index is 0.166. The zero-order valence-electron chi connectivity index (χ0n) is 8.16. The predicted molar refractivity (Wildman–Crippen MR) is 48.7 cm³/mol. The summed E-state index contributed by atoms with van der Waals surface area (Å²) in [6, 6.07) is 0. The Labute approximate surface area is 82.4 Å². The van der Waals surface area contributed by atoms with Gasteiger partial charge in [0.05, 0.1) is 18.4 Å². The number of carboxylic acids is 1. The molecule has 5 nitrogen and oxygen atoms in total. The standard InChI is InChI=1S/C9H15NO4/c1-14-5-4-10-8(11)6-2-3-7(6)9(12)13/h6-7H,2-5H2,1H3,(H,10,11)(H,12,13). The van der Waals surface area contributed by atoms with Crippen LogP contribution in [0.2, 0.25) is 0 Å². The van der Waals surface area contributed by atoms with E-state index in [0.717, 1.165) is 0 Å². The van der Waals surface area contributed by atoms with Gasteiger partial charge in [-0.25, -0.2) is 0 Å². The quantitative estimate of drug-likeness (QED) is 0.607. The maximum atomic E-state index is 11.4. The summed E-state index contributed by atoms with van der Waals surface area (Å²) in [5.74, 6) is -1.87. The van der Waals surface area contributed by atoms with E-state index in [1.807, 2.05) is 0 Å². The van der Waals surface area contributed by atoms with E-state index in [1.165, 1.54) is 0 Å². The molecule has 1 aliphatic carbocycles. The van der Waals surface area contributed by atoms with Crippen molar-refractivity contribution in [2.75, 3.05) is 20.3 Å². The minimum Gasteiger partial charge on any atom is -0.481 e. The van der Waals surface area contributed by atoms with Crippen LogP contribution in [0.3, 0.4) is 0 Å². The smallest absolute Gasteiger partial charge is 0.307 e. The number of rotatable bonds is 5. The molecule has 1 aliphatic rings. The Hall–Kier alpha value is -1.10. The summed E-state index contributed by atoms with van der Waals surface area (Å²) in [5.41, 5.74) is 0. The topological polar surface area (TPSA) is 75.6 Å². The van der Waals surface area contributed by atoms with E-state index in [0.29, 0.717) is 26.0 Å². The molecule has 0 aromatic carbocycles. The van der Waals surface area contributed by atoms with Crippen LogP contribution in [-0.2, 0) is 14.3 Å². The van der Waals surface area contributed by atoms with E-state index >= 15 is 0 Å². The molecule has 80 valence electrons. The molecular weight excluding hydrogens is 186 g/mol. The summed E-state index contributed by atoms with van der Waals surface area (Å²) in [6.07, 6.45) is 1.29. The Bertz CT molecular complexity index is 229. The highest BCUT2D eigenvalue weighted by Gasteiger charge is 2.41. The normalized spacial score (nSPS) is 25.2. The van der Waals surface area contributed by atoms with Crippen molar-refractivity contribution in [2.45, 2.75) is 12.8 Å². The fourth-order valence-corrected chi connectivity index (χ4v) is 1.52. The average Bonchev–Trinajstić information content (AvgIpc) is 2.01. The van der Waals surface area contributed by atoms with Gasteiger partial charge in [0.15, 0.2) is 0 Å². The molecule has 1 rings (SSSR count). The van der Waals surface area contributed by atoms with Gasteiger partial charge in [-0.05, 0) is 12.8 Å². The van der Waals surface area contributed by atoms with Crippen LogP contribution in [0.15, 0.2) is 0 Å². The predicted octanol–water partition coefficient (Wildman–Crippen LogP) is -0.140. The van der Waals surface area contributed by atoms with Gasteiger partial charge >= 0.3 is 5.97 Å². The van der Waals surface area contributed by atoms with Gasteiger partial charge in [0, 0.05) is 13.7 Å². The molecule has 0 spiro atoms. The first-order valence-electron chi connectivity index (χ1n) is 4.66. The summed E-state index contributed by atoms with van der Waals surface area (Å²) >= 11 is 0. The monoisotopic (exact) mass is 201 g/mol. The number of carboxylic acid groups (broad SMARTS) is 1. The van der Waals surface area contributed by atoms with Crippen molar-refractivity contribution < 1.29 is 19.4 Å². The molecule has 2 N–H and O–H groups in total. The summed E-state index contributed by atoms with van der Waals surface area (Å²) in [4.78, 5) is 22.0. The fraction of sp³-hybridized carbons (Fsp3) is 0.778. The maximum Gasteiger partial charge on any atom is 0.307 e. The third-order valence-electron chi connectivity index (χ3n) is 2.53. The molecule has 5 heteroatoms. The second kappa shape index (κ2) is 4.95. The highest BCUT2D eigenvalue weighted by atomic mass is 16.5. The first-order valence-corrected chi connectivity index (χ1v) is 4.66. The van der Waals surface area contributed by atoms with Crippen molar-refractivity contribution in [1.29, 1.82) is 0 Å². The molecule has 2 unspecified atom stereocenters. The van der Waals surface area contributed by atoms with Gasteiger partial charge in [0.1, 0.15) is 0 Å². The molecule has 0 radical (unpaired) electrons. The zero-order chi connectivity index (χ0) is 10.6. The lowest BCUT2D eigenvalue weighted by Crippen LogP contribution is -2.44. The summed E-state index contributed by atoms with van der Waals surface area (Å²) in [7, 11) is 1.55. The Morgan fingerprint density at radius 3 is 2.50 bits per heavy atom. The molecular formula is C9H15NO4.